The minimum Gasteiger partial charge on any atom is -0.378 e. The second kappa shape index (κ2) is 8.81. The van der Waals surface area contributed by atoms with Crippen LogP contribution in [-0.2, 0) is 4.74 Å². The fraction of sp³-hybridized carbons (Fsp3) is 0.867. The fourth-order valence-electron chi connectivity index (χ4n) is 2.22. The molecule has 0 bridgehead atoms. The summed E-state index contributed by atoms with van der Waals surface area (Å²) in [4.78, 5) is 0. The monoisotopic (exact) mass is 224 g/mol. The van der Waals surface area contributed by atoms with Crippen molar-refractivity contribution in [3.63, 3.8) is 0 Å². The van der Waals surface area contributed by atoms with Crippen LogP contribution in [0.3, 0.4) is 0 Å². The number of allylic oxidation sites excluding steroid dienone is 1. The Labute approximate surface area is 101 Å². The molecule has 1 aliphatic carbocycles. The largest absolute Gasteiger partial charge is 0.378 e. The van der Waals surface area contributed by atoms with Crippen LogP contribution in [0.1, 0.15) is 65.2 Å². The molecule has 1 heteroatoms. The molecule has 1 rings (SSSR count). The highest BCUT2D eigenvalue weighted by Crippen LogP contribution is 2.17. The number of hydrogen-bond donors (Lipinski definition) is 0. The third-order valence-corrected chi connectivity index (χ3v) is 3.38. The Bertz CT molecular complexity index is 186. The molecule has 2 atom stereocenters. The van der Waals surface area contributed by atoms with E-state index >= 15 is 0 Å². The second-order valence-electron chi connectivity index (χ2n) is 5.19. The zero-order valence-corrected chi connectivity index (χ0v) is 11.1. The first-order chi connectivity index (χ1) is 7.83. The molecule has 1 aliphatic rings. The molecule has 0 spiro atoms. The lowest BCUT2D eigenvalue weighted by Crippen LogP contribution is -2.16. The van der Waals surface area contributed by atoms with Crippen molar-refractivity contribution < 1.29 is 4.74 Å². The Morgan fingerprint density at radius 3 is 3.00 bits per heavy atom. The van der Waals surface area contributed by atoms with Gasteiger partial charge in [0.25, 0.3) is 0 Å². The van der Waals surface area contributed by atoms with Crippen LogP contribution in [0.2, 0.25) is 0 Å². The van der Waals surface area contributed by atoms with Crippen LogP contribution < -0.4 is 0 Å². The summed E-state index contributed by atoms with van der Waals surface area (Å²) in [6, 6.07) is 0. The summed E-state index contributed by atoms with van der Waals surface area (Å²) in [5.41, 5.74) is 0. The normalized spacial score (nSPS) is 23.0. The Balaban J connectivity index is 2.05. The van der Waals surface area contributed by atoms with E-state index < -0.39 is 0 Å². The van der Waals surface area contributed by atoms with Gasteiger partial charge in [-0.2, -0.15) is 0 Å². The topological polar surface area (TPSA) is 9.23 Å². The van der Waals surface area contributed by atoms with E-state index in [0.29, 0.717) is 6.10 Å². The summed E-state index contributed by atoms with van der Waals surface area (Å²) in [7, 11) is 0. The third kappa shape index (κ3) is 6.32. The summed E-state index contributed by atoms with van der Waals surface area (Å²) < 4.78 is 6.00. The lowest BCUT2D eigenvalue weighted by atomic mass is 10.0. The maximum Gasteiger partial charge on any atom is 0.0609 e. The number of ether oxygens (including phenoxy) is 1. The van der Waals surface area contributed by atoms with Crippen LogP contribution in [0.15, 0.2) is 12.2 Å². The summed E-state index contributed by atoms with van der Waals surface area (Å²) >= 11 is 0. The van der Waals surface area contributed by atoms with E-state index in [-0.39, 0.29) is 0 Å². The van der Waals surface area contributed by atoms with Crippen LogP contribution in [0.4, 0.5) is 0 Å². The molecular formula is C15H28O. The molecule has 1 nitrogen and oxygen atoms in total. The Morgan fingerprint density at radius 1 is 1.31 bits per heavy atom. The van der Waals surface area contributed by atoms with Gasteiger partial charge in [0, 0.05) is 6.61 Å². The van der Waals surface area contributed by atoms with Crippen LogP contribution in [0, 0.1) is 5.92 Å². The predicted octanol–water partition coefficient (Wildman–Crippen LogP) is 4.72. The highest BCUT2D eigenvalue weighted by Gasteiger charge is 2.11. The Kier molecular flexibility index (Phi) is 7.58. The Hall–Kier alpha value is -0.300. The number of unbranched alkanes of at least 4 members (excludes halogenated alkanes) is 2. The minimum atomic E-state index is 0.493. The maximum absolute atomic E-state index is 6.00. The van der Waals surface area contributed by atoms with E-state index in [0.717, 1.165) is 18.9 Å². The number of rotatable bonds is 7. The van der Waals surface area contributed by atoms with Crippen LogP contribution >= 0.6 is 0 Å². The van der Waals surface area contributed by atoms with E-state index in [2.05, 4.69) is 26.0 Å². The lowest BCUT2D eigenvalue weighted by Gasteiger charge is -2.18. The van der Waals surface area contributed by atoms with Gasteiger partial charge in [-0.15, -0.1) is 0 Å². The van der Waals surface area contributed by atoms with Crippen molar-refractivity contribution in [2.24, 2.45) is 5.92 Å². The highest BCUT2D eigenvalue weighted by atomic mass is 16.5. The van der Waals surface area contributed by atoms with Crippen molar-refractivity contribution >= 4 is 0 Å². The van der Waals surface area contributed by atoms with Crippen molar-refractivity contribution in [3.05, 3.63) is 12.2 Å². The minimum absolute atomic E-state index is 0.493. The maximum atomic E-state index is 6.00. The average Bonchev–Trinajstić information content (AvgIpc) is 2.55. The summed E-state index contributed by atoms with van der Waals surface area (Å²) in [6.07, 6.45) is 15.4. The molecule has 2 unspecified atom stereocenters. The first-order valence-electron chi connectivity index (χ1n) is 7.09. The summed E-state index contributed by atoms with van der Waals surface area (Å²) in [5, 5.41) is 0. The standard InChI is InChI=1S/C15H28O/c1-3-4-7-10-14(2)13-16-15-11-8-5-6-9-12-15/h5,8,14-15H,3-4,6-7,9-13H2,1-2H3. The van der Waals surface area contributed by atoms with Gasteiger partial charge in [-0.05, 0) is 38.0 Å². The first-order valence-corrected chi connectivity index (χ1v) is 7.09. The van der Waals surface area contributed by atoms with Gasteiger partial charge in [0.15, 0.2) is 0 Å². The average molecular weight is 224 g/mol. The van der Waals surface area contributed by atoms with Gasteiger partial charge in [-0.25, -0.2) is 0 Å². The van der Waals surface area contributed by atoms with Gasteiger partial charge in [0.1, 0.15) is 0 Å². The van der Waals surface area contributed by atoms with Gasteiger partial charge in [0.05, 0.1) is 6.10 Å². The van der Waals surface area contributed by atoms with E-state index in [1.54, 1.807) is 0 Å². The highest BCUT2D eigenvalue weighted by molar-refractivity contribution is 4.88. The smallest absolute Gasteiger partial charge is 0.0609 e. The zero-order valence-electron chi connectivity index (χ0n) is 11.1. The van der Waals surface area contributed by atoms with Crippen molar-refractivity contribution in [2.45, 2.75) is 71.3 Å². The van der Waals surface area contributed by atoms with Crippen LogP contribution in [0.5, 0.6) is 0 Å². The quantitative estimate of drug-likeness (QED) is 0.449. The van der Waals surface area contributed by atoms with Crippen molar-refractivity contribution in [1.82, 2.24) is 0 Å². The molecule has 0 fully saturated rings. The molecule has 0 aliphatic heterocycles. The van der Waals surface area contributed by atoms with Gasteiger partial charge in [0.2, 0.25) is 0 Å². The van der Waals surface area contributed by atoms with E-state index in [1.807, 2.05) is 0 Å². The zero-order chi connectivity index (χ0) is 11.6. The molecule has 0 heterocycles. The molecule has 0 amide bonds. The Morgan fingerprint density at radius 2 is 2.19 bits per heavy atom. The third-order valence-electron chi connectivity index (χ3n) is 3.38. The van der Waals surface area contributed by atoms with E-state index in [1.165, 1.54) is 44.9 Å². The van der Waals surface area contributed by atoms with Crippen molar-refractivity contribution in [3.8, 4) is 0 Å². The lowest BCUT2D eigenvalue weighted by molar-refractivity contribution is 0.0273. The van der Waals surface area contributed by atoms with Gasteiger partial charge >= 0.3 is 0 Å². The summed E-state index contributed by atoms with van der Waals surface area (Å²) in [6.45, 7) is 5.55. The molecule has 0 aromatic carbocycles. The molecule has 16 heavy (non-hydrogen) atoms. The van der Waals surface area contributed by atoms with E-state index in [9.17, 15) is 0 Å². The first kappa shape index (κ1) is 13.8. The summed E-state index contributed by atoms with van der Waals surface area (Å²) in [5.74, 6) is 0.735. The number of hydrogen-bond acceptors (Lipinski definition) is 1. The molecule has 0 radical (unpaired) electrons. The van der Waals surface area contributed by atoms with Gasteiger partial charge in [-0.3, -0.25) is 0 Å². The SMILES string of the molecule is CCCCCC(C)COC1CC=CCCC1. The molecule has 0 saturated heterocycles. The van der Waals surface area contributed by atoms with E-state index in [4.69, 9.17) is 4.74 Å². The molecule has 0 aromatic rings. The van der Waals surface area contributed by atoms with Crippen LogP contribution in [0.25, 0.3) is 0 Å². The van der Waals surface area contributed by atoms with Gasteiger partial charge in [-0.1, -0.05) is 45.3 Å². The fourth-order valence-corrected chi connectivity index (χ4v) is 2.22. The molecule has 94 valence electrons. The second-order valence-corrected chi connectivity index (χ2v) is 5.19. The molecule has 0 saturated carbocycles. The predicted molar refractivity (Wildman–Crippen MR) is 70.7 cm³/mol. The molecular weight excluding hydrogens is 196 g/mol. The van der Waals surface area contributed by atoms with Crippen LogP contribution in [-0.4, -0.2) is 12.7 Å². The van der Waals surface area contributed by atoms with Gasteiger partial charge < -0.3 is 4.74 Å². The molecule has 0 N–H and O–H groups in total. The van der Waals surface area contributed by atoms with Crippen molar-refractivity contribution in [2.75, 3.05) is 6.61 Å². The van der Waals surface area contributed by atoms with Crippen molar-refractivity contribution in [1.29, 1.82) is 0 Å². The molecule has 0 aromatic heterocycles.